The van der Waals surface area contributed by atoms with Crippen LogP contribution in [0.2, 0.25) is 0 Å². The zero-order valence-electron chi connectivity index (χ0n) is 8.41. The Bertz CT molecular complexity index is 219. The third kappa shape index (κ3) is 2.15. The van der Waals surface area contributed by atoms with E-state index in [1.807, 2.05) is 0 Å². The van der Waals surface area contributed by atoms with Crippen molar-refractivity contribution >= 4 is 5.97 Å². The fraction of sp³-hybridized carbons (Fsp3) is 0.727. The average Bonchev–Trinajstić information content (AvgIpc) is 2.19. The predicted octanol–water partition coefficient (Wildman–Crippen LogP) is 1.96. The second-order valence-electron chi connectivity index (χ2n) is 4.06. The van der Waals surface area contributed by atoms with Gasteiger partial charge in [-0.15, -0.1) is 6.58 Å². The summed E-state index contributed by atoms with van der Waals surface area (Å²) in [4.78, 5) is 11.0. The molecule has 14 heavy (non-hydrogen) atoms. The van der Waals surface area contributed by atoms with Crippen LogP contribution in [0.4, 0.5) is 0 Å². The Labute approximate surface area is 84.4 Å². The fourth-order valence-corrected chi connectivity index (χ4v) is 2.23. The van der Waals surface area contributed by atoms with E-state index in [4.69, 9.17) is 5.11 Å². The fourth-order valence-electron chi connectivity index (χ4n) is 2.23. The number of carbonyl (C=O) groups is 1. The molecule has 80 valence electrons. The minimum Gasteiger partial charge on any atom is -0.479 e. The molecule has 0 heterocycles. The Morgan fingerprint density at radius 2 is 2.00 bits per heavy atom. The minimum atomic E-state index is -1.58. The zero-order valence-corrected chi connectivity index (χ0v) is 8.41. The molecule has 1 rings (SSSR count). The van der Waals surface area contributed by atoms with Gasteiger partial charge < -0.3 is 10.2 Å². The number of carboxylic acids is 1. The summed E-state index contributed by atoms with van der Waals surface area (Å²) in [5.41, 5.74) is -1.58. The van der Waals surface area contributed by atoms with E-state index in [1.165, 1.54) is 6.08 Å². The van der Waals surface area contributed by atoms with E-state index in [0.29, 0.717) is 0 Å². The molecule has 3 heteroatoms. The lowest BCUT2D eigenvalue weighted by Gasteiger charge is -2.34. The molecule has 0 saturated heterocycles. The normalized spacial score (nSPS) is 22.6. The van der Waals surface area contributed by atoms with Crippen molar-refractivity contribution in [3.05, 3.63) is 12.7 Å². The molecule has 0 aromatic carbocycles. The molecule has 0 aliphatic heterocycles. The monoisotopic (exact) mass is 198 g/mol. The molecule has 0 amide bonds. The van der Waals surface area contributed by atoms with Gasteiger partial charge in [-0.3, -0.25) is 0 Å². The van der Waals surface area contributed by atoms with Crippen LogP contribution in [0.1, 0.15) is 38.5 Å². The first-order chi connectivity index (χ1) is 6.61. The highest BCUT2D eigenvalue weighted by molar-refractivity contribution is 5.77. The predicted molar refractivity (Wildman–Crippen MR) is 54.0 cm³/mol. The molecule has 0 aromatic rings. The van der Waals surface area contributed by atoms with Crippen molar-refractivity contribution in [2.75, 3.05) is 0 Å². The van der Waals surface area contributed by atoms with Crippen LogP contribution in [0.15, 0.2) is 12.7 Å². The molecule has 0 radical (unpaired) electrons. The topological polar surface area (TPSA) is 57.5 Å². The smallest absolute Gasteiger partial charge is 0.336 e. The van der Waals surface area contributed by atoms with Crippen LogP contribution in [0.3, 0.4) is 0 Å². The highest BCUT2D eigenvalue weighted by atomic mass is 16.4. The van der Waals surface area contributed by atoms with Gasteiger partial charge in [-0.05, 0) is 18.8 Å². The lowest BCUT2D eigenvalue weighted by Crippen LogP contribution is -2.46. The number of hydrogen-bond acceptors (Lipinski definition) is 2. The van der Waals surface area contributed by atoms with Crippen LogP contribution >= 0.6 is 0 Å². The first-order valence-electron chi connectivity index (χ1n) is 5.18. The average molecular weight is 198 g/mol. The van der Waals surface area contributed by atoms with Crippen molar-refractivity contribution in [3.8, 4) is 0 Å². The van der Waals surface area contributed by atoms with Crippen molar-refractivity contribution in [1.82, 2.24) is 0 Å². The summed E-state index contributed by atoms with van der Waals surface area (Å²) >= 11 is 0. The van der Waals surface area contributed by atoms with Crippen molar-refractivity contribution < 1.29 is 15.0 Å². The summed E-state index contributed by atoms with van der Waals surface area (Å²) in [6.07, 6.45) is 6.47. The van der Waals surface area contributed by atoms with E-state index >= 15 is 0 Å². The van der Waals surface area contributed by atoms with E-state index in [2.05, 4.69) is 6.58 Å². The number of aliphatic carboxylic acids is 1. The summed E-state index contributed by atoms with van der Waals surface area (Å²) in [6, 6.07) is 0. The maximum Gasteiger partial charge on any atom is 0.336 e. The SMILES string of the molecule is C=CC[C@@](O)(C(=O)O)C1CCCCC1. The third-order valence-corrected chi connectivity index (χ3v) is 3.11. The van der Waals surface area contributed by atoms with Gasteiger partial charge in [0.15, 0.2) is 5.60 Å². The maximum absolute atomic E-state index is 11.0. The molecule has 0 unspecified atom stereocenters. The van der Waals surface area contributed by atoms with Gasteiger partial charge in [0.2, 0.25) is 0 Å². The summed E-state index contributed by atoms with van der Waals surface area (Å²) in [7, 11) is 0. The largest absolute Gasteiger partial charge is 0.479 e. The summed E-state index contributed by atoms with van der Waals surface area (Å²) in [6.45, 7) is 3.50. The lowest BCUT2D eigenvalue weighted by molar-refractivity contribution is -0.166. The molecule has 1 aliphatic carbocycles. The Morgan fingerprint density at radius 3 is 2.43 bits per heavy atom. The van der Waals surface area contributed by atoms with Crippen molar-refractivity contribution in [2.24, 2.45) is 5.92 Å². The lowest BCUT2D eigenvalue weighted by atomic mass is 9.75. The Morgan fingerprint density at radius 1 is 1.43 bits per heavy atom. The van der Waals surface area contributed by atoms with Gasteiger partial charge in [0.05, 0.1) is 0 Å². The van der Waals surface area contributed by atoms with Crippen LogP contribution in [-0.4, -0.2) is 21.8 Å². The van der Waals surface area contributed by atoms with Crippen molar-refractivity contribution in [1.29, 1.82) is 0 Å². The van der Waals surface area contributed by atoms with E-state index in [-0.39, 0.29) is 12.3 Å². The molecule has 1 saturated carbocycles. The molecular weight excluding hydrogens is 180 g/mol. The van der Waals surface area contributed by atoms with Gasteiger partial charge in [0.25, 0.3) is 0 Å². The molecule has 1 aliphatic rings. The molecule has 0 bridgehead atoms. The molecule has 1 fully saturated rings. The van der Waals surface area contributed by atoms with Crippen LogP contribution in [0, 0.1) is 5.92 Å². The van der Waals surface area contributed by atoms with E-state index in [9.17, 15) is 9.90 Å². The Balaban J connectivity index is 2.74. The first-order valence-corrected chi connectivity index (χ1v) is 5.18. The number of hydrogen-bond donors (Lipinski definition) is 2. The first kappa shape index (κ1) is 11.2. The quantitative estimate of drug-likeness (QED) is 0.679. The molecular formula is C11H18O3. The standard InChI is InChI=1S/C11H18O3/c1-2-8-11(14,10(12)13)9-6-4-3-5-7-9/h2,9,14H,1,3-8H2,(H,12,13)/t11-/m0/s1. The second kappa shape index (κ2) is 4.60. The second-order valence-corrected chi connectivity index (χ2v) is 4.06. The number of rotatable bonds is 4. The van der Waals surface area contributed by atoms with Gasteiger partial charge in [-0.1, -0.05) is 25.3 Å². The van der Waals surface area contributed by atoms with Gasteiger partial charge in [0, 0.05) is 6.42 Å². The van der Waals surface area contributed by atoms with E-state index < -0.39 is 11.6 Å². The summed E-state index contributed by atoms with van der Waals surface area (Å²) < 4.78 is 0. The zero-order chi connectivity index (χ0) is 10.6. The van der Waals surface area contributed by atoms with Crippen LogP contribution < -0.4 is 0 Å². The van der Waals surface area contributed by atoms with Crippen LogP contribution in [0.5, 0.6) is 0 Å². The molecule has 1 atom stereocenters. The van der Waals surface area contributed by atoms with Crippen LogP contribution in [-0.2, 0) is 4.79 Å². The van der Waals surface area contributed by atoms with Gasteiger partial charge in [-0.25, -0.2) is 4.79 Å². The van der Waals surface area contributed by atoms with E-state index in [1.54, 1.807) is 0 Å². The minimum absolute atomic E-state index is 0.105. The van der Waals surface area contributed by atoms with Gasteiger partial charge in [-0.2, -0.15) is 0 Å². The van der Waals surface area contributed by atoms with Crippen molar-refractivity contribution in [2.45, 2.75) is 44.1 Å². The maximum atomic E-state index is 11.0. The van der Waals surface area contributed by atoms with Crippen LogP contribution in [0.25, 0.3) is 0 Å². The Hall–Kier alpha value is -0.830. The number of aliphatic hydroxyl groups is 1. The molecule has 0 spiro atoms. The summed E-state index contributed by atoms with van der Waals surface area (Å²) in [5, 5.41) is 19.1. The summed E-state index contributed by atoms with van der Waals surface area (Å²) in [5.74, 6) is -1.21. The highest BCUT2D eigenvalue weighted by Gasteiger charge is 2.42. The molecule has 0 aromatic heterocycles. The van der Waals surface area contributed by atoms with Crippen molar-refractivity contribution in [3.63, 3.8) is 0 Å². The highest BCUT2D eigenvalue weighted by Crippen LogP contribution is 2.35. The Kier molecular flexibility index (Phi) is 3.69. The van der Waals surface area contributed by atoms with Gasteiger partial charge in [0.1, 0.15) is 0 Å². The van der Waals surface area contributed by atoms with Gasteiger partial charge >= 0.3 is 5.97 Å². The molecule has 2 N–H and O–H groups in total. The number of carboxylic acid groups (broad SMARTS) is 1. The third-order valence-electron chi connectivity index (χ3n) is 3.11. The van der Waals surface area contributed by atoms with E-state index in [0.717, 1.165) is 32.1 Å². The molecule has 3 nitrogen and oxygen atoms in total.